The van der Waals surface area contributed by atoms with Crippen molar-refractivity contribution in [1.82, 2.24) is 9.97 Å². The molecule has 0 fully saturated rings. The zero-order valence-corrected chi connectivity index (χ0v) is 15.6. The molecular formula is C19H13Cl2N3O3. The van der Waals surface area contributed by atoms with Gasteiger partial charge < -0.3 is 10.1 Å². The second-order valence-electron chi connectivity index (χ2n) is 5.43. The molecule has 2 aromatic heterocycles. The van der Waals surface area contributed by atoms with E-state index in [-0.39, 0.29) is 5.02 Å². The highest BCUT2D eigenvalue weighted by molar-refractivity contribution is 6.34. The Morgan fingerprint density at radius 3 is 2.52 bits per heavy atom. The fourth-order valence-corrected chi connectivity index (χ4v) is 2.79. The van der Waals surface area contributed by atoms with Crippen LogP contribution in [0.1, 0.15) is 20.7 Å². The lowest BCUT2D eigenvalue weighted by atomic mass is 10.0. The van der Waals surface area contributed by atoms with Gasteiger partial charge in [-0.25, -0.2) is 9.78 Å². The van der Waals surface area contributed by atoms with Gasteiger partial charge in [0.1, 0.15) is 5.82 Å². The SMILES string of the molecule is COC(=O)c1ccc(Cl)c(-c2ccc(NC(=O)c3ccncc3Cl)nc2)c1. The molecule has 3 rings (SSSR count). The smallest absolute Gasteiger partial charge is 0.337 e. The normalized spacial score (nSPS) is 10.3. The topological polar surface area (TPSA) is 81.2 Å². The molecule has 0 spiro atoms. The molecule has 0 aliphatic carbocycles. The van der Waals surface area contributed by atoms with Gasteiger partial charge in [0.2, 0.25) is 0 Å². The fraction of sp³-hybridized carbons (Fsp3) is 0.0526. The van der Waals surface area contributed by atoms with E-state index in [1.807, 2.05) is 0 Å². The number of esters is 1. The first-order valence-electron chi connectivity index (χ1n) is 7.74. The Bertz CT molecular complexity index is 1010. The molecule has 0 aliphatic rings. The zero-order valence-electron chi connectivity index (χ0n) is 14.1. The largest absolute Gasteiger partial charge is 0.465 e. The summed E-state index contributed by atoms with van der Waals surface area (Å²) >= 11 is 12.2. The van der Waals surface area contributed by atoms with Crippen LogP contribution in [0.15, 0.2) is 55.0 Å². The lowest BCUT2D eigenvalue weighted by Gasteiger charge is -2.09. The summed E-state index contributed by atoms with van der Waals surface area (Å²) in [6.45, 7) is 0. The molecule has 0 saturated carbocycles. The molecule has 1 amide bonds. The van der Waals surface area contributed by atoms with Gasteiger partial charge in [-0.3, -0.25) is 9.78 Å². The number of benzene rings is 1. The maximum absolute atomic E-state index is 12.3. The number of amides is 1. The number of hydrogen-bond donors (Lipinski definition) is 1. The van der Waals surface area contributed by atoms with Crippen LogP contribution in [-0.2, 0) is 4.74 Å². The highest BCUT2D eigenvalue weighted by atomic mass is 35.5. The van der Waals surface area contributed by atoms with E-state index < -0.39 is 11.9 Å². The number of aromatic nitrogens is 2. The van der Waals surface area contributed by atoms with Crippen LogP contribution in [0.4, 0.5) is 5.82 Å². The number of carbonyl (C=O) groups is 2. The molecule has 0 saturated heterocycles. The molecule has 0 bridgehead atoms. The third-order valence-electron chi connectivity index (χ3n) is 3.72. The molecule has 6 nitrogen and oxygen atoms in total. The van der Waals surface area contributed by atoms with Gasteiger partial charge in [-0.1, -0.05) is 23.2 Å². The van der Waals surface area contributed by atoms with Crippen molar-refractivity contribution in [3.05, 3.63) is 76.2 Å². The average molecular weight is 402 g/mol. The van der Waals surface area contributed by atoms with Crippen molar-refractivity contribution in [3.63, 3.8) is 0 Å². The summed E-state index contributed by atoms with van der Waals surface area (Å²) in [7, 11) is 1.31. The van der Waals surface area contributed by atoms with Gasteiger partial charge >= 0.3 is 5.97 Å². The number of anilines is 1. The second kappa shape index (κ2) is 8.16. The molecular weight excluding hydrogens is 389 g/mol. The van der Waals surface area contributed by atoms with E-state index in [0.717, 1.165) is 0 Å². The minimum Gasteiger partial charge on any atom is -0.465 e. The van der Waals surface area contributed by atoms with Gasteiger partial charge in [0, 0.05) is 34.7 Å². The van der Waals surface area contributed by atoms with Crippen molar-refractivity contribution in [2.45, 2.75) is 0 Å². The first kappa shape index (κ1) is 18.8. The van der Waals surface area contributed by atoms with Gasteiger partial charge in [-0.15, -0.1) is 0 Å². The van der Waals surface area contributed by atoms with Crippen molar-refractivity contribution in [2.24, 2.45) is 0 Å². The van der Waals surface area contributed by atoms with E-state index in [4.69, 9.17) is 27.9 Å². The molecule has 0 radical (unpaired) electrons. The summed E-state index contributed by atoms with van der Waals surface area (Å²) in [6.07, 6.45) is 4.42. The lowest BCUT2D eigenvalue weighted by Crippen LogP contribution is -2.13. The number of nitrogens with one attached hydrogen (secondary N) is 1. The van der Waals surface area contributed by atoms with E-state index in [9.17, 15) is 9.59 Å². The summed E-state index contributed by atoms with van der Waals surface area (Å²) < 4.78 is 4.72. The molecule has 0 aliphatic heterocycles. The molecule has 1 N–H and O–H groups in total. The Labute approximate surface area is 165 Å². The van der Waals surface area contributed by atoms with Crippen LogP contribution in [0.2, 0.25) is 10.0 Å². The summed E-state index contributed by atoms with van der Waals surface area (Å²) in [5.74, 6) is -0.510. The maximum atomic E-state index is 12.3. The standard InChI is InChI=1S/C19H13Cl2N3O3/c1-27-19(26)11-2-4-15(20)14(8-11)12-3-5-17(23-9-12)24-18(25)13-6-7-22-10-16(13)21/h2-10H,1H3,(H,23,24,25). The van der Waals surface area contributed by atoms with Crippen LogP contribution in [0.3, 0.4) is 0 Å². The van der Waals surface area contributed by atoms with Gasteiger partial charge in [0.15, 0.2) is 0 Å². The number of methoxy groups -OCH3 is 1. The van der Waals surface area contributed by atoms with E-state index in [0.29, 0.717) is 33.1 Å². The van der Waals surface area contributed by atoms with Crippen molar-refractivity contribution >= 4 is 40.9 Å². The zero-order chi connectivity index (χ0) is 19.4. The highest BCUT2D eigenvalue weighted by Gasteiger charge is 2.13. The van der Waals surface area contributed by atoms with Crippen molar-refractivity contribution < 1.29 is 14.3 Å². The number of rotatable bonds is 4. The molecule has 2 heterocycles. The molecule has 0 unspecified atom stereocenters. The van der Waals surface area contributed by atoms with Crippen LogP contribution in [-0.4, -0.2) is 29.0 Å². The number of nitrogens with zero attached hydrogens (tertiary/aromatic N) is 2. The molecule has 3 aromatic rings. The summed E-state index contributed by atoms with van der Waals surface area (Å²) in [5, 5.41) is 3.37. The first-order valence-corrected chi connectivity index (χ1v) is 8.50. The Balaban J connectivity index is 1.83. The van der Waals surface area contributed by atoms with Crippen molar-refractivity contribution in [2.75, 3.05) is 12.4 Å². The molecule has 136 valence electrons. The van der Waals surface area contributed by atoms with Gasteiger partial charge in [-0.05, 0) is 36.4 Å². The number of halogens is 2. The number of pyridine rings is 2. The third-order valence-corrected chi connectivity index (χ3v) is 4.35. The van der Waals surface area contributed by atoms with Gasteiger partial charge in [0.25, 0.3) is 5.91 Å². The third kappa shape index (κ3) is 4.24. The monoisotopic (exact) mass is 401 g/mol. The van der Waals surface area contributed by atoms with Crippen LogP contribution in [0.5, 0.6) is 0 Å². The summed E-state index contributed by atoms with van der Waals surface area (Å²) in [4.78, 5) is 32.0. The lowest BCUT2D eigenvalue weighted by molar-refractivity contribution is 0.0600. The van der Waals surface area contributed by atoms with Crippen LogP contribution >= 0.6 is 23.2 Å². The first-order chi connectivity index (χ1) is 13.0. The Morgan fingerprint density at radius 1 is 1.04 bits per heavy atom. The Hall–Kier alpha value is -2.96. The van der Waals surface area contributed by atoms with E-state index in [1.54, 1.807) is 36.5 Å². The minimum absolute atomic E-state index is 0.248. The number of hydrogen-bond acceptors (Lipinski definition) is 5. The summed E-state index contributed by atoms with van der Waals surface area (Å²) in [5.41, 5.74) is 1.99. The van der Waals surface area contributed by atoms with E-state index in [2.05, 4.69) is 15.3 Å². The second-order valence-corrected chi connectivity index (χ2v) is 6.24. The molecule has 27 heavy (non-hydrogen) atoms. The van der Waals surface area contributed by atoms with Crippen molar-refractivity contribution in [1.29, 1.82) is 0 Å². The fourth-order valence-electron chi connectivity index (χ4n) is 2.36. The van der Waals surface area contributed by atoms with Crippen LogP contribution in [0, 0.1) is 0 Å². The van der Waals surface area contributed by atoms with Gasteiger partial charge in [0.05, 0.1) is 23.3 Å². The molecule has 8 heteroatoms. The maximum Gasteiger partial charge on any atom is 0.337 e. The van der Waals surface area contributed by atoms with Gasteiger partial charge in [-0.2, -0.15) is 0 Å². The predicted octanol–water partition coefficient (Wildman–Crippen LogP) is 4.49. The quantitative estimate of drug-likeness (QED) is 0.651. The summed E-state index contributed by atoms with van der Waals surface area (Å²) in [6, 6.07) is 9.70. The van der Waals surface area contributed by atoms with Crippen molar-refractivity contribution in [3.8, 4) is 11.1 Å². The van der Waals surface area contributed by atoms with E-state index in [1.165, 1.54) is 25.6 Å². The van der Waals surface area contributed by atoms with E-state index >= 15 is 0 Å². The Kier molecular flexibility index (Phi) is 5.69. The Morgan fingerprint density at radius 2 is 1.85 bits per heavy atom. The van der Waals surface area contributed by atoms with Crippen LogP contribution in [0.25, 0.3) is 11.1 Å². The predicted molar refractivity (Wildman–Crippen MR) is 103 cm³/mol. The average Bonchev–Trinajstić information content (AvgIpc) is 2.68. The molecule has 0 atom stereocenters. The number of carbonyl (C=O) groups excluding carboxylic acids is 2. The molecule has 1 aromatic carbocycles. The van der Waals surface area contributed by atoms with Crippen LogP contribution < -0.4 is 5.32 Å². The highest BCUT2D eigenvalue weighted by Crippen LogP contribution is 2.29. The number of ether oxygens (including phenoxy) is 1. The minimum atomic E-state index is -0.459.